The Morgan fingerprint density at radius 1 is 0.920 bits per heavy atom. The van der Waals surface area contributed by atoms with Crippen molar-refractivity contribution in [3.05, 3.63) is 65.2 Å². The Bertz CT molecular complexity index is 733. The van der Waals surface area contributed by atoms with Gasteiger partial charge >= 0.3 is 6.11 Å². The molecule has 0 aromatic heterocycles. The fourth-order valence-corrected chi connectivity index (χ4v) is 2.46. The maximum Gasteiger partial charge on any atom is 0.426 e. The lowest BCUT2D eigenvalue weighted by Crippen LogP contribution is -2.24. The molecule has 2 nitrogen and oxygen atoms in total. The molecule has 0 spiro atoms. The Labute approximate surface area is 148 Å². The van der Waals surface area contributed by atoms with Crippen LogP contribution in [0.4, 0.5) is 8.78 Å². The molecule has 0 saturated carbocycles. The summed E-state index contributed by atoms with van der Waals surface area (Å²) in [5.41, 5.74) is 1.71. The van der Waals surface area contributed by atoms with Crippen LogP contribution < -0.4 is 9.47 Å². The highest BCUT2D eigenvalue weighted by Crippen LogP contribution is 2.36. The summed E-state index contributed by atoms with van der Waals surface area (Å²) in [6, 6.07) is 8.98. The van der Waals surface area contributed by atoms with Crippen LogP contribution in [0.25, 0.3) is 6.08 Å². The van der Waals surface area contributed by atoms with Gasteiger partial charge in [0.25, 0.3) is 0 Å². The van der Waals surface area contributed by atoms with Gasteiger partial charge in [-0.2, -0.15) is 8.78 Å². The molecule has 0 heterocycles. The molecule has 0 fully saturated rings. The molecule has 2 rings (SSSR count). The van der Waals surface area contributed by atoms with Gasteiger partial charge in [0, 0.05) is 0 Å². The molecule has 134 valence electrons. The van der Waals surface area contributed by atoms with E-state index < -0.39 is 6.11 Å². The van der Waals surface area contributed by atoms with Gasteiger partial charge in [0.15, 0.2) is 0 Å². The number of aryl methyl sites for hydroxylation is 2. The summed E-state index contributed by atoms with van der Waals surface area (Å²) in [5.74, 6) is 0.799. The lowest BCUT2D eigenvalue weighted by atomic mass is 10.1. The molecular weight excluding hydrogens is 322 g/mol. The third-order valence-electron chi connectivity index (χ3n) is 3.57. The molecule has 4 heteroatoms. The zero-order chi connectivity index (χ0) is 18.8. The minimum absolute atomic E-state index is 0.106. The van der Waals surface area contributed by atoms with Crippen molar-refractivity contribution in [1.82, 2.24) is 0 Å². The van der Waals surface area contributed by atoms with Crippen molar-refractivity contribution in [2.45, 2.75) is 46.3 Å². The van der Waals surface area contributed by atoms with E-state index in [0.29, 0.717) is 5.75 Å². The first-order chi connectivity index (χ1) is 11.5. The summed E-state index contributed by atoms with van der Waals surface area (Å²) in [4.78, 5) is 0. The van der Waals surface area contributed by atoms with Crippen molar-refractivity contribution in [2.24, 2.45) is 0 Å². The van der Waals surface area contributed by atoms with Crippen molar-refractivity contribution < 1.29 is 18.3 Å². The van der Waals surface area contributed by atoms with E-state index in [4.69, 9.17) is 9.47 Å². The Morgan fingerprint density at radius 3 is 1.88 bits per heavy atom. The van der Waals surface area contributed by atoms with Crippen LogP contribution in [-0.2, 0) is 6.11 Å². The van der Waals surface area contributed by atoms with Crippen LogP contribution in [0.3, 0.4) is 0 Å². The molecule has 0 amide bonds. The summed E-state index contributed by atoms with van der Waals surface area (Å²) in [6.07, 6.45) is -1.82. The van der Waals surface area contributed by atoms with E-state index in [1.165, 1.54) is 12.1 Å². The van der Waals surface area contributed by atoms with Crippen molar-refractivity contribution >= 4 is 6.08 Å². The monoisotopic (exact) mass is 346 g/mol. The molecule has 0 aliphatic carbocycles. The molecule has 0 N–H and O–H groups in total. The topological polar surface area (TPSA) is 18.5 Å². The predicted molar refractivity (Wildman–Crippen MR) is 97.4 cm³/mol. The van der Waals surface area contributed by atoms with Crippen LogP contribution >= 0.6 is 0 Å². The van der Waals surface area contributed by atoms with E-state index in [1.807, 2.05) is 34.6 Å². The third kappa shape index (κ3) is 4.81. The molecular formula is C21H24F2O2. The number of hydrogen-bond donors (Lipinski definition) is 0. The largest absolute Gasteiger partial charge is 0.488 e. The first kappa shape index (κ1) is 19.0. The molecule has 25 heavy (non-hydrogen) atoms. The van der Waals surface area contributed by atoms with Gasteiger partial charge in [0.05, 0.1) is 5.56 Å². The highest BCUT2D eigenvalue weighted by atomic mass is 19.3. The SMILES string of the molecule is C=Cc1ccc(C(F)(F)Oc2cc(C)c(OC(C)(C)C)c(C)c2)cc1. The van der Waals surface area contributed by atoms with Gasteiger partial charge in [-0.1, -0.05) is 24.8 Å². The van der Waals surface area contributed by atoms with Crippen LogP contribution in [0, 0.1) is 13.8 Å². The number of hydrogen-bond acceptors (Lipinski definition) is 2. The van der Waals surface area contributed by atoms with E-state index in [0.717, 1.165) is 16.7 Å². The Hall–Kier alpha value is -2.36. The van der Waals surface area contributed by atoms with E-state index in [1.54, 1.807) is 30.3 Å². The summed E-state index contributed by atoms with van der Waals surface area (Å²) in [5, 5.41) is 0. The summed E-state index contributed by atoms with van der Waals surface area (Å²) in [7, 11) is 0. The second-order valence-electron chi connectivity index (χ2n) is 7.05. The Balaban J connectivity index is 2.28. The smallest absolute Gasteiger partial charge is 0.426 e. The average molecular weight is 346 g/mol. The first-order valence-electron chi connectivity index (χ1n) is 8.12. The summed E-state index contributed by atoms with van der Waals surface area (Å²) in [6.45, 7) is 13.1. The van der Waals surface area contributed by atoms with Crippen LogP contribution in [0.5, 0.6) is 11.5 Å². The van der Waals surface area contributed by atoms with Gasteiger partial charge in [-0.25, -0.2) is 0 Å². The predicted octanol–water partition coefficient (Wildman–Crippen LogP) is 6.25. The van der Waals surface area contributed by atoms with Crippen molar-refractivity contribution in [1.29, 1.82) is 0 Å². The second-order valence-corrected chi connectivity index (χ2v) is 7.05. The highest BCUT2D eigenvalue weighted by Gasteiger charge is 2.34. The number of benzene rings is 2. The molecule has 0 bridgehead atoms. The maximum absolute atomic E-state index is 14.4. The normalized spacial score (nSPS) is 12.0. The average Bonchev–Trinajstić information content (AvgIpc) is 2.50. The highest BCUT2D eigenvalue weighted by molar-refractivity contribution is 5.48. The van der Waals surface area contributed by atoms with Gasteiger partial charge in [-0.15, -0.1) is 0 Å². The molecule has 0 atom stereocenters. The first-order valence-corrected chi connectivity index (χ1v) is 8.12. The standard InChI is InChI=1S/C21H24F2O2/c1-7-16-8-10-17(11-9-16)21(22,23)24-18-12-14(2)19(15(3)13-18)25-20(4,5)6/h7-13H,1H2,2-6H3. The van der Waals surface area contributed by atoms with Crippen molar-refractivity contribution in [3.8, 4) is 11.5 Å². The van der Waals surface area contributed by atoms with E-state index >= 15 is 0 Å². The van der Waals surface area contributed by atoms with Crippen LogP contribution in [0.1, 0.15) is 43.0 Å². The zero-order valence-electron chi connectivity index (χ0n) is 15.3. The molecule has 0 unspecified atom stereocenters. The lowest BCUT2D eigenvalue weighted by molar-refractivity contribution is -0.185. The number of ether oxygens (including phenoxy) is 2. The van der Waals surface area contributed by atoms with E-state index in [2.05, 4.69) is 6.58 Å². The molecule has 2 aromatic carbocycles. The van der Waals surface area contributed by atoms with Crippen molar-refractivity contribution in [2.75, 3.05) is 0 Å². The Kier molecular flexibility index (Phi) is 5.21. The quantitative estimate of drug-likeness (QED) is 0.637. The summed E-state index contributed by atoms with van der Waals surface area (Å²) < 4.78 is 39.8. The number of alkyl halides is 2. The van der Waals surface area contributed by atoms with Gasteiger partial charge in [0.2, 0.25) is 0 Å². The van der Waals surface area contributed by atoms with Crippen LogP contribution in [-0.4, -0.2) is 5.60 Å². The van der Waals surface area contributed by atoms with Gasteiger partial charge in [-0.3, -0.25) is 0 Å². The number of rotatable bonds is 5. The zero-order valence-corrected chi connectivity index (χ0v) is 15.3. The maximum atomic E-state index is 14.4. The molecule has 2 aromatic rings. The summed E-state index contributed by atoms with van der Waals surface area (Å²) >= 11 is 0. The van der Waals surface area contributed by atoms with Crippen molar-refractivity contribution in [3.63, 3.8) is 0 Å². The van der Waals surface area contributed by atoms with Crippen LogP contribution in [0.15, 0.2) is 43.0 Å². The number of halogens is 2. The van der Waals surface area contributed by atoms with Gasteiger partial charge in [-0.05, 0) is 75.6 Å². The minimum Gasteiger partial charge on any atom is -0.488 e. The third-order valence-corrected chi connectivity index (χ3v) is 3.57. The molecule has 0 aliphatic rings. The molecule has 0 saturated heterocycles. The Morgan fingerprint density at radius 2 is 1.44 bits per heavy atom. The fourth-order valence-electron chi connectivity index (χ4n) is 2.46. The van der Waals surface area contributed by atoms with E-state index in [-0.39, 0.29) is 16.9 Å². The fraction of sp³-hybridized carbons (Fsp3) is 0.333. The minimum atomic E-state index is -3.43. The second kappa shape index (κ2) is 6.87. The molecule has 0 radical (unpaired) electrons. The van der Waals surface area contributed by atoms with E-state index in [9.17, 15) is 8.78 Å². The molecule has 0 aliphatic heterocycles. The lowest BCUT2D eigenvalue weighted by Gasteiger charge is -2.25. The van der Waals surface area contributed by atoms with Gasteiger partial charge in [0.1, 0.15) is 17.1 Å². The van der Waals surface area contributed by atoms with Gasteiger partial charge < -0.3 is 9.47 Å². The van der Waals surface area contributed by atoms with Crippen LogP contribution in [0.2, 0.25) is 0 Å².